The van der Waals surface area contributed by atoms with Gasteiger partial charge in [-0.1, -0.05) is 0 Å². The zero-order valence-corrected chi connectivity index (χ0v) is 8.21. The molecule has 2 aromatic heterocycles. The van der Waals surface area contributed by atoms with Crippen molar-refractivity contribution >= 4 is 11.0 Å². The molecule has 1 N–H and O–H groups in total. The second kappa shape index (κ2) is 3.15. The quantitative estimate of drug-likeness (QED) is 0.780. The number of rotatable bonds is 1. The molecule has 2 heterocycles. The van der Waals surface area contributed by atoms with Gasteiger partial charge in [0.1, 0.15) is 5.65 Å². The maximum Gasteiger partial charge on any atom is 0.264 e. The Morgan fingerprint density at radius 2 is 2.20 bits per heavy atom. The molecule has 0 fully saturated rings. The fourth-order valence-corrected chi connectivity index (χ4v) is 1.69. The summed E-state index contributed by atoms with van der Waals surface area (Å²) in [5.41, 5.74) is 0.00880. The predicted octanol–water partition coefficient (Wildman–Crippen LogP) is 1.51. The number of alkyl halides is 2. The lowest BCUT2D eigenvalue weighted by Crippen LogP contribution is -2.08. The second-order valence-electron chi connectivity index (χ2n) is 3.32. The summed E-state index contributed by atoms with van der Waals surface area (Å²) < 4.78 is 26.7. The average Bonchev–Trinajstić information content (AvgIpc) is 2.41. The second-order valence-corrected chi connectivity index (χ2v) is 3.32. The Hall–Kier alpha value is -1.72. The van der Waals surface area contributed by atoms with Gasteiger partial charge in [0.25, 0.3) is 6.43 Å². The van der Waals surface area contributed by atoms with Gasteiger partial charge in [-0.3, -0.25) is 9.48 Å². The Balaban J connectivity index is 2.96. The summed E-state index contributed by atoms with van der Waals surface area (Å²) in [6.07, 6.45) is -2.67. The minimum absolute atomic E-state index is 0.264. The van der Waals surface area contributed by atoms with Crippen LogP contribution < -0.4 is 5.56 Å². The van der Waals surface area contributed by atoms with Crippen LogP contribution in [0.2, 0.25) is 0 Å². The van der Waals surface area contributed by atoms with Gasteiger partial charge in [-0.25, -0.2) is 8.78 Å². The van der Waals surface area contributed by atoms with Crippen molar-refractivity contribution in [3.63, 3.8) is 0 Å². The molecule has 2 rings (SSSR count). The summed E-state index contributed by atoms with van der Waals surface area (Å²) >= 11 is 0. The first-order chi connectivity index (χ1) is 7.00. The van der Waals surface area contributed by atoms with E-state index in [1.54, 1.807) is 14.0 Å². The van der Waals surface area contributed by atoms with Crippen LogP contribution in [-0.4, -0.2) is 14.8 Å². The number of nitrogens with one attached hydrogen (secondary N) is 1. The fourth-order valence-electron chi connectivity index (χ4n) is 1.69. The maximum atomic E-state index is 12.7. The highest BCUT2D eigenvalue weighted by atomic mass is 19.3. The van der Waals surface area contributed by atoms with Crippen molar-refractivity contribution in [1.82, 2.24) is 14.8 Å². The van der Waals surface area contributed by atoms with Crippen LogP contribution >= 0.6 is 0 Å². The Labute approximate surface area is 83.5 Å². The molecule has 0 bridgehead atoms. The molecular weight excluding hydrogens is 204 g/mol. The lowest BCUT2D eigenvalue weighted by atomic mass is 10.1. The topological polar surface area (TPSA) is 50.7 Å². The molecule has 4 nitrogen and oxygen atoms in total. The third-order valence-corrected chi connectivity index (χ3v) is 2.27. The van der Waals surface area contributed by atoms with Crippen LogP contribution in [-0.2, 0) is 7.05 Å². The summed E-state index contributed by atoms with van der Waals surface area (Å²) in [5.74, 6) is 0. The smallest absolute Gasteiger partial charge is 0.264 e. The Kier molecular flexibility index (Phi) is 2.06. The minimum atomic E-state index is -2.67. The van der Waals surface area contributed by atoms with E-state index in [4.69, 9.17) is 0 Å². The van der Waals surface area contributed by atoms with Crippen molar-refractivity contribution < 1.29 is 8.78 Å². The van der Waals surface area contributed by atoms with Gasteiger partial charge in [0, 0.05) is 24.1 Å². The molecule has 0 spiro atoms. The van der Waals surface area contributed by atoms with Gasteiger partial charge in [-0.2, -0.15) is 5.10 Å². The minimum Gasteiger partial charge on any atom is -0.307 e. The number of pyridine rings is 1. The van der Waals surface area contributed by atoms with Gasteiger partial charge in [-0.15, -0.1) is 0 Å². The molecule has 6 heteroatoms. The predicted molar refractivity (Wildman–Crippen MR) is 51.0 cm³/mol. The third kappa shape index (κ3) is 1.42. The van der Waals surface area contributed by atoms with Crippen LogP contribution in [0.1, 0.15) is 17.7 Å². The van der Waals surface area contributed by atoms with Gasteiger partial charge in [0.05, 0.1) is 5.69 Å². The number of nitrogens with zero attached hydrogens (tertiary/aromatic N) is 2. The lowest BCUT2D eigenvalue weighted by Gasteiger charge is -2.01. The number of H-pyrrole nitrogens is 1. The zero-order valence-electron chi connectivity index (χ0n) is 8.21. The summed E-state index contributed by atoms with van der Waals surface area (Å²) in [6.45, 7) is 1.63. The highest BCUT2D eigenvalue weighted by Gasteiger charge is 2.17. The molecule has 0 aliphatic rings. The average molecular weight is 213 g/mol. The van der Waals surface area contributed by atoms with E-state index >= 15 is 0 Å². The van der Waals surface area contributed by atoms with Crippen molar-refractivity contribution in [3.8, 4) is 0 Å². The maximum absolute atomic E-state index is 12.7. The monoisotopic (exact) mass is 213 g/mol. The highest BCUT2D eigenvalue weighted by Crippen LogP contribution is 2.26. The van der Waals surface area contributed by atoms with E-state index in [0.717, 1.165) is 6.07 Å². The summed E-state index contributed by atoms with van der Waals surface area (Å²) in [4.78, 5) is 13.6. The molecule has 0 aliphatic carbocycles. The van der Waals surface area contributed by atoms with Crippen LogP contribution in [0.15, 0.2) is 10.9 Å². The van der Waals surface area contributed by atoms with Gasteiger partial charge in [0.2, 0.25) is 5.56 Å². The molecule has 0 atom stereocenters. The third-order valence-electron chi connectivity index (χ3n) is 2.27. The van der Waals surface area contributed by atoms with Gasteiger partial charge in [0.15, 0.2) is 0 Å². The molecular formula is C9H9F2N3O. The van der Waals surface area contributed by atoms with Crippen molar-refractivity contribution in [2.75, 3.05) is 0 Å². The first-order valence-electron chi connectivity index (χ1n) is 4.35. The molecule has 0 aliphatic heterocycles. The number of aromatic amines is 1. The first-order valence-corrected chi connectivity index (χ1v) is 4.35. The fraction of sp³-hybridized carbons (Fsp3) is 0.333. The number of halogens is 2. The van der Waals surface area contributed by atoms with Crippen LogP contribution in [0, 0.1) is 6.92 Å². The SMILES string of the molecule is Cc1nn(C)c2[nH]c(=O)cc(C(F)F)c12. The van der Waals surface area contributed by atoms with Crippen molar-refractivity contribution in [1.29, 1.82) is 0 Å². The first kappa shape index (κ1) is 9.82. The molecule has 0 saturated heterocycles. The number of aryl methyl sites for hydroxylation is 2. The van der Waals surface area contributed by atoms with Gasteiger partial charge >= 0.3 is 0 Å². The van der Waals surface area contributed by atoms with Crippen molar-refractivity contribution in [2.24, 2.45) is 7.05 Å². The van der Waals surface area contributed by atoms with E-state index < -0.39 is 12.0 Å². The zero-order chi connectivity index (χ0) is 11.2. The van der Waals surface area contributed by atoms with Crippen molar-refractivity contribution in [3.05, 3.63) is 27.7 Å². The van der Waals surface area contributed by atoms with Crippen LogP contribution in [0.3, 0.4) is 0 Å². The van der Waals surface area contributed by atoms with Crippen molar-refractivity contribution in [2.45, 2.75) is 13.3 Å². The molecule has 0 aromatic carbocycles. The number of hydrogen-bond donors (Lipinski definition) is 1. The largest absolute Gasteiger partial charge is 0.307 e. The standard InChI is InChI=1S/C9H9F2N3O/c1-4-7-5(8(10)11)3-6(15)12-9(7)14(2)13-4/h3,8H,1-2H3,(H,12,15). The van der Waals surface area contributed by atoms with E-state index in [1.807, 2.05) is 0 Å². The Morgan fingerprint density at radius 3 is 2.80 bits per heavy atom. The lowest BCUT2D eigenvalue weighted by molar-refractivity contribution is 0.153. The summed E-state index contributed by atoms with van der Waals surface area (Å²) in [7, 11) is 1.60. The highest BCUT2D eigenvalue weighted by molar-refractivity contribution is 5.82. The molecule has 0 radical (unpaired) electrons. The van der Waals surface area contributed by atoms with Crippen LogP contribution in [0.4, 0.5) is 8.78 Å². The number of hydrogen-bond acceptors (Lipinski definition) is 2. The summed E-state index contributed by atoms with van der Waals surface area (Å²) in [5, 5.41) is 4.31. The molecule has 0 unspecified atom stereocenters. The van der Waals surface area contributed by atoms with Gasteiger partial charge < -0.3 is 4.98 Å². The van der Waals surface area contributed by atoms with E-state index in [1.165, 1.54) is 4.68 Å². The van der Waals surface area contributed by atoms with Crippen LogP contribution in [0.5, 0.6) is 0 Å². The molecule has 80 valence electrons. The normalized spacial score (nSPS) is 11.5. The molecule has 0 amide bonds. The van der Waals surface area contributed by atoms with E-state index in [2.05, 4.69) is 10.1 Å². The Bertz CT molecular complexity index is 570. The molecule has 15 heavy (non-hydrogen) atoms. The molecule has 2 aromatic rings. The van der Waals surface area contributed by atoms with E-state index in [-0.39, 0.29) is 5.56 Å². The van der Waals surface area contributed by atoms with Gasteiger partial charge in [-0.05, 0) is 6.92 Å². The number of fused-ring (bicyclic) bond motifs is 1. The summed E-state index contributed by atoms with van der Waals surface area (Å²) in [6, 6.07) is 0.918. The number of aromatic nitrogens is 3. The van der Waals surface area contributed by atoms with E-state index in [9.17, 15) is 13.6 Å². The Morgan fingerprint density at radius 1 is 1.53 bits per heavy atom. The van der Waals surface area contributed by atoms with E-state index in [0.29, 0.717) is 16.7 Å². The van der Waals surface area contributed by atoms with Crippen LogP contribution in [0.25, 0.3) is 11.0 Å². The molecule has 0 saturated carbocycles.